The van der Waals surface area contributed by atoms with Gasteiger partial charge in [0.2, 0.25) is 5.82 Å². The summed E-state index contributed by atoms with van der Waals surface area (Å²) in [4.78, 5) is 19.4. The van der Waals surface area contributed by atoms with Crippen LogP contribution >= 0.6 is 23.2 Å². The predicted molar refractivity (Wildman–Crippen MR) is 129 cm³/mol. The van der Waals surface area contributed by atoms with E-state index >= 15 is 0 Å². The average molecular weight is 477 g/mol. The fraction of sp³-hybridized carbons (Fsp3) is 0.0800. The molecule has 5 rings (SSSR count). The molecular weight excluding hydrogens is 459 g/mol. The molecule has 1 N–H and O–H groups in total. The molecule has 1 aliphatic heterocycles. The number of carbonyl (C=O) groups is 1. The maximum absolute atomic E-state index is 13.2. The van der Waals surface area contributed by atoms with Crippen molar-refractivity contribution in [3.8, 4) is 11.4 Å². The standard InChI is InChI=1S/C25H18Cl2N4O2/c1-15-21(24-29-23(30-33-24)17-8-5-9-19(27)14-17)22(16-6-3-2-4-7-16)28-25(32)31(15)20-12-10-18(26)11-13-20/h2-14,22H,1H3,(H,28,32). The van der Waals surface area contributed by atoms with Gasteiger partial charge < -0.3 is 9.84 Å². The minimum atomic E-state index is -0.463. The van der Waals surface area contributed by atoms with Crippen LogP contribution in [0.5, 0.6) is 0 Å². The molecule has 0 saturated heterocycles. The number of carbonyl (C=O) groups excluding carboxylic acids is 1. The number of allylic oxidation sites excluding steroid dienone is 1. The normalized spacial score (nSPS) is 16.2. The van der Waals surface area contributed by atoms with Crippen LogP contribution in [-0.4, -0.2) is 16.2 Å². The smallest absolute Gasteiger partial charge is 0.326 e. The fourth-order valence-corrected chi connectivity index (χ4v) is 4.21. The molecule has 3 aromatic carbocycles. The third-order valence-electron chi connectivity index (χ3n) is 5.44. The molecule has 1 aliphatic rings. The first-order valence-electron chi connectivity index (χ1n) is 10.2. The molecule has 0 radical (unpaired) electrons. The van der Waals surface area contributed by atoms with Crippen molar-refractivity contribution in [3.63, 3.8) is 0 Å². The summed E-state index contributed by atoms with van der Waals surface area (Å²) in [7, 11) is 0. The molecule has 0 bridgehead atoms. The third kappa shape index (κ3) is 4.11. The van der Waals surface area contributed by atoms with Gasteiger partial charge in [0.05, 0.1) is 17.3 Å². The SMILES string of the molecule is CC1=C(c2nc(-c3cccc(Cl)c3)no2)C(c2ccccc2)NC(=O)N1c1ccc(Cl)cc1. The van der Waals surface area contributed by atoms with Gasteiger partial charge in [-0.2, -0.15) is 4.98 Å². The van der Waals surface area contributed by atoms with Crippen LogP contribution in [0.15, 0.2) is 89.1 Å². The Morgan fingerprint density at radius 1 is 0.939 bits per heavy atom. The maximum Gasteiger partial charge on any atom is 0.326 e. The number of hydrogen-bond acceptors (Lipinski definition) is 4. The van der Waals surface area contributed by atoms with Crippen molar-refractivity contribution in [3.05, 3.63) is 106 Å². The Labute approximate surface area is 200 Å². The van der Waals surface area contributed by atoms with Gasteiger partial charge in [0, 0.05) is 21.3 Å². The van der Waals surface area contributed by atoms with E-state index in [2.05, 4.69) is 15.5 Å². The zero-order valence-corrected chi connectivity index (χ0v) is 19.0. The number of rotatable bonds is 4. The zero-order valence-electron chi connectivity index (χ0n) is 17.5. The maximum atomic E-state index is 13.2. The van der Waals surface area contributed by atoms with Gasteiger partial charge in [-0.15, -0.1) is 0 Å². The molecule has 1 aromatic heterocycles. The Hall–Kier alpha value is -3.61. The highest BCUT2D eigenvalue weighted by Crippen LogP contribution is 2.39. The molecule has 2 heterocycles. The number of hydrogen-bond donors (Lipinski definition) is 1. The van der Waals surface area contributed by atoms with Crippen molar-refractivity contribution in [2.45, 2.75) is 13.0 Å². The van der Waals surface area contributed by atoms with E-state index in [1.807, 2.05) is 49.4 Å². The van der Waals surface area contributed by atoms with Crippen molar-refractivity contribution in [1.82, 2.24) is 15.5 Å². The Morgan fingerprint density at radius 2 is 1.70 bits per heavy atom. The quantitative estimate of drug-likeness (QED) is 0.353. The van der Waals surface area contributed by atoms with Crippen molar-refractivity contribution in [2.24, 2.45) is 0 Å². The largest absolute Gasteiger partial charge is 0.334 e. The number of amides is 2. The molecule has 1 unspecified atom stereocenters. The number of urea groups is 1. The van der Waals surface area contributed by atoms with Crippen LogP contribution in [0, 0.1) is 0 Å². The summed E-state index contributed by atoms with van der Waals surface area (Å²) in [5, 5.41) is 8.41. The molecule has 4 aromatic rings. The summed E-state index contributed by atoms with van der Waals surface area (Å²) in [5.74, 6) is 0.727. The van der Waals surface area contributed by atoms with Crippen LogP contribution in [0.4, 0.5) is 10.5 Å². The van der Waals surface area contributed by atoms with Gasteiger partial charge in [-0.05, 0) is 48.9 Å². The number of nitrogens with zero attached hydrogens (tertiary/aromatic N) is 3. The lowest BCUT2D eigenvalue weighted by atomic mass is 9.94. The summed E-state index contributed by atoms with van der Waals surface area (Å²) in [5.41, 5.74) is 3.70. The molecule has 1 atom stereocenters. The molecule has 0 saturated carbocycles. The van der Waals surface area contributed by atoms with Crippen molar-refractivity contribution < 1.29 is 9.32 Å². The van der Waals surface area contributed by atoms with Crippen molar-refractivity contribution >= 4 is 40.5 Å². The number of halogens is 2. The highest BCUT2D eigenvalue weighted by Gasteiger charge is 2.36. The molecule has 2 amide bonds. The second-order valence-electron chi connectivity index (χ2n) is 7.54. The zero-order chi connectivity index (χ0) is 22.9. The summed E-state index contributed by atoms with van der Waals surface area (Å²) in [6, 6.07) is 23.2. The Morgan fingerprint density at radius 3 is 2.42 bits per heavy atom. The first kappa shape index (κ1) is 21.2. The van der Waals surface area contributed by atoms with Gasteiger partial charge in [-0.1, -0.05) is 70.8 Å². The van der Waals surface area contributed by atoms with Crippen molar-refractivity contribution in [2.75, 3.05) is 4.90 Å². The van der Waals surface area contributed by atoms with Gasteiger partial charge in [-0.25, -0.2) is 4.79 Å². The number of anilines is 1. The lowest BCUT2D eigenvalue weighted by Crippen LogP contribution is -2.46. The summed E-state index contributed by atoms with van der Waals surface area (Å²) in [6.45, 7) is 1.86. The lowest BCUT2D eigenvalue weighted by Gasteiger charge is -2.35. The molecule has 8 heteroatoms. The van der Waals surface area contributed by atoms with Crippen LogP contribution in [0.1, 0.15) is 24.4 Å². The first-order valence-corrected chi connectivity index (χ1v) is 11.0. The number of nitrogens with one attached hydrogen (secondary N) is 1. The minimum absolute atomic E-state index is 0.262. The average Bonchev–Trinajstić information content (AvgIpc) is 3.30. The van der Waals surface area contributed by atoms with E-state index in [4.69, 9.17) is 27.7 Å². The molecule has 0 aliphatic carbocycles. The molecule has 0 spiro atoms. The van der Waals surface area contributed by atoms with E-state index in [1.165, 1.54) is 0 Å². The molecule has 33 heavy (non-hydrogen) atoms. The van der Waals surface area contributed by atoms with Gasteiger partial charge in [0.1, 0.15) is 0 Å². The van der Waals surface area contributed by atoms with Gasteiger partial charge in [0.15, 0.2) is 0 Å². The first-order chi connectivity index (χ1) is 16.0. The topological polar surface area (TPSA) is 71.3 Å². The Balaban J connectivity index is 1.65. The highest BCUT2D eigenvalue weighted by atomic mass is 35.5. The second-order valence-corrected chi connectivity index (χ2v) is 8.41. The number of benzene rings is 3. The molecule has 164 valence electrons. The molecule has 6 nitrogen and oxygen atoms in total. The Bertz CT molecular complexity index is 1350. The van der Waals surface area contributed by atoms with Crippen LogP contribution in [0.25, 0.3) is 17.0 Å². The number of aromatic nitrogens is 2. The summed E-state index contributed by atoms with van der Waals surface area (Å²) >= 11 is 12.2. The van der Waals surface area contributed by atoms with E-state index in [0.29, 0.717) is 38.7 Å². The summed E-state index contributed by atoms with van der Waals surface area (Å²) < 4.78 is 5.70. The molecular formula is C25H18Cl2N4O2. The predicted octanol–water partition coefficient (Wildman–Crippen LogP) is 6.75. The van der Waals surface area contributed by atoms with Crippen LogP contribution in [0.3, 0.4) is 0 Å². The van der Waals surface area contributed by atoms with E-state index in [-0.39, 0.29) is 6.03 Å². The Kier molecular flexibility index (Phi) is 5.62. The van der Waals surface area contributed by atoms with E-state index in [0.717, 1.165) is 11.1 Å². The summed E-state index contributed by atoms with van der Waals surface area (Å²) in [6.07, 6.45) is 0. The van der Waals surface area contributed by atoms with Gasteiger partial charge in [-0.3, -0.25) is 4.90 Å². The van der Waals surface area contributed by atoms with E-state index in [9.17, 15) is 4.79 Å². The van der Waals surface area contributed by atoms with Gasteiger partial charge in [0.25, 0.3) is 5.89 Å². The van der Waals surface area contributed by atoms with Gasteiger partial charge >= 0.3 is 6.03 Å². The minimum Gasteiger partial charge on any atom is -0.334 e. The fourth-order valence-electron chi connectivity index (χ4n) is 3.89. The lowest BCUT2D eigenvalue weighted by molar-refractivity contribution is 0.244. The van der Waals surface area contributed by atoms with Crippen molar-refractivity contribution in [1.29, 1.82) is 0 Å². The van der Waals surface area contributed by atoms with E-state index in [1.54, 1.807) is 41.3 Å². The van der Waals surface area contributed by atoms with Crippen LogP contribution < -0.4 is 10.2 Å². The monoisotopic (exact) mass is 476 g/mol. The second kappa shape index (κ2) is 8.73. The highest BCUT2D eigenvalue weighted by molar-refractivity contribution is 6.31. The molecule has 0 fully saturated rings. The van der Waals surface area contributed by atoms with Crippen LogP contribution in [-0.2, 0) is 0 Å². The van der Waals surface area contributed by atoms with E-state index < -0.39 is 6.04 Å². The van der Waals surface area contributed by atoms with Crippen LogP contribution in [0.2, 0.25) is 10.0 Å². The third-order valence-corrected chi connectivity index (χ3v) is 5.93.